The van der Waals surface area contributed by atoms with Crippen molar-refractivity contribution in [2.24, 2.45) is 0 Å². The quantitative estimate of drug-likeness (QED) is 0.623. The van der Waals surface area contributed by atoms with E-state index in [9.17, 15) is 0 Å². The van der Waals surface area contributed by atoms with Gasteiger partial charge in [-0.3, -0.25) is 0 Å². The van der Waals surface area contributed by atoms with Gasteiger partial charge < -0.3 is 4.74 Å². The highest BCUT2D eigenvalue weighted by atomic mass is 35.5. The molecule has 3 aromatic carbocycles. The number of fused-ring (bicyclic) bond motifs is 1. The Hall–Kier alpha value is -1.99. The lowest BCUT2D eigenvalue weighted by Gasteiger charge is -2.12. The summed E-state index contributed by atoms with van der Waals surface area (Å²) in [6.07, 6.45) is 0. The Balaban J connectivity index is 2.33. The van der Waals surface area contributed by atoms with E-state index in [1.165, 1.54) is 10.8 Å². The molecule has 0 saturated carbocycles. The van der Waals surface area contributed by atoms with Gasteiger partial charge in [-0.2, -0.15) is 0 Å². The standard InChI is InChI=1S/C17H13ClO/c1-19-16-11-8-12-4-2-3-5-15(12)17(16)13-6-9-14(18)10-7-13/h2-11H,1H3. The molecule has 0 radical (unpaired) electrons. The van der Waals surface area contributed by atoms with Crippen molar-refractivity contribution in [1.82, 2.24) is 0 Å². The fourth-order valence-corrected chi connectivity index (χ4v) is 2.46. The van der Waals surface area contributed by atoms with Crippen LogP contribution in [0.4, 0.5) is 0 Å². The van der Waals surface area contributed by atoms with Crippen LogP contribution in [0.5, 0.6) is 5.75 Å². The van der Waals surface area contributed by atoms with Gasteiger partial charge >= 0.3 is 0 Å². The number of hydrogen-bond donors (Lipinski definition) is 0. The van der Waals surface area contributed by atoms with Crippen molar-refractivity contribution < 1.29 is 4.74 Å². The highest BCUT2D eigenvalue weighted by molar-refractivity contribution is 6.30. The van der Waals surface area contributed by atoms with Crippen molar-refractivity contribution in [3.05, 3.63) is 65.7 Å². The number of ether oxygens (including phenoxy) is 1. The maximum absolute atomic E-state index is 5.96. The van der Waals surface area contributed by atoms with Gasteiger partial charge in [-0.1, -0.05) is 54.1 Å². The Labute approximate surface area is 117 Å². The molecule has 0 aliphatic carbocycles. The molecular formula is C17H13ClO. The van der Waals surface area contributed by atoms with E-state index in [4.69, 9.17) is 16.3 Å². The molecule has 0 aromatic heterocycles. The zero-order chi connectivity index (χ0) is 13.2. The Bertz CT molecular complexity index is 717. The van der Waals surface area contributed by atoms with E-state index in [1.807, 2.05) is 42.5 Å². The molecule has 1 nitrogen and oxygen atoms in total. The van der Waals surface area contributed by atoms with Crippen LogP contribution >= 0.6 is 11.6 Å². The fourth-order valence-electron chi connectivity index (χ4n) is 2.34. The summed E-state index contributed by atoms with van der Waals surface area (Å²) in [6.45, 7) is 0. The SMILES string of the molecule is COc1ccc2ccccc2c1-c1ccc(Cl)cc1. The van der Waals surface area contributed by atoms with Crippen LogP contribution in [0.3, 0.4) is 0 Å². The first-order valence-electron chi connectivity index (χ1n) is 6.11. The molecule has 0 heterocycles. The zero-order valence-corrected chi connectivity index (χ0v) is 11.3. The molecule has 94 valence electrons. The summed E-state index contributed by atoms with van der Waals surface area (Å²) in [5, 5.41) is 3.13. The molecule has 3 aromatic rings. The largest absolute Gasteiger partial charge is 0.496 e. The Morgan fingerprint density at radius 2 is 1.58 bits per heavy atom. The topological polar surface area (TPSA) is 9.23 Å². The van der Waals surface area contributed by atoms with Crippen molar-refractivity contribution in [3.63, 3.8) is 0 Å². The summed E-state index contributed by atoms with van der Waals surface area (Å²) in [7, 11) is 1.70. The van der Waals surface area contributed by atoms with Crippen molar-refractivity contribution in [2.45, 2.75) is 0 Å². The number of halogens is 1. The second kappa shape index (κ2) is 4.94. The minimum atomic E-state index is 0.739. The number of methoxy groups -OCH3 is 1. The lowest BCUT2D eigenvalue weighted by atomic mass is 9.97. The van der Waals surface area contributed by atoms with Gasteiger partial charge in [0.1, 0.15) is 5.75 Å². The molecule has 0 amide bonds. The van der Waals surface area contributed by atoms with Crippen molar-refractivity contribution in [3.8, 4) is 16.9 Å². The van der Waals surface area contributed by atoms with Crippen LogP contribution in [0.15, 0.2) is 60.7 Å². The predicted molar refractivity (Wildman–Crippen MR) is 80.9 cm³/mol. The Morgan fingerprint density at radius 3 is 2.32 bits per heavy atom. The van der Waals surface area contributed by atoms with E-state index in [-0.39, 0.29) is 0 Å². The van der Waals surface area contributed by atoms with Crippen LogP contribution in [0, 0.1) is 0 Å². The minimum absolute atomic E-state index is 0.739. The van der Waals surface area contributed by atoms with E-state index in [0.29, 0.717) is 0 Å². The summed E-state index contributed by atoms with van der Waals surface area (Å²) in [5.41, 5.74) is 2.22. The third-order valence-corrected chi connectivity index (χ3v) is 3.50. The molecule has 19 heavy (non-hydrogen) atoms. The monoisotopic (exact) mass is 268 g/mol. The molecular weight excluding hydrogens is 256 g/mol. The van der Waals surface area contributed by atoms with E-state index >= 15 is 0 Å². The summed E-state index contributed by atoms with van der Waals surface area (Å²) < 4.78 is 5.51. The van der Waals surface area contributed by atoms with Crippen molar-refractivity contribution in [2.75, 3.05) is 7.11 Å². The van der Waals surface area contributed by atoms with Gasteiger partial charge in [0.25, 0.3) is 0 Å². The van der Waals surface area contributed by atoms with Gasteiger partial charge in [0, 0.05) is 10.6 Å². The zero-order valence-electron chi connectivity index (χ0n) is 10.6. The van der Waals surface area contributed by atoms with E-state index in [2.05, 4.69) is 18.2 Å². The molecule has 0 unspecified atom stereocenters. The highest BCUT2D eigenvalue weighted by Gasteiger charge is 2.10. The van der Waals surface area contributed by atoms with Gasteiger partial charge in [0.05, 0.1) is 7.11 Å². The maximum Gasteiger partial charge on any atom is 0.127 e. The molecule has 0 fully saturated rings. The number of benzene rings is 3. The molecule has 0 bridgehead atoms. The average molecular weight is 269 g/mol. The normalized spacial score (nSPS) is 10.6. The summed E-state index contributed by atoms with van der Waals surface area (Å²) in [5.74, 6) is 0.876. The lowest BCUT2D eigenvalue weighted by molar-refractivity contribution is 0.417. The molecule has 0 N–H and O–H groups in total. The van der Waals surface area contributed by atoms with Crippen LogP contribution in [0.25, 0.3) is 21.9 Å². The summed E-state index contributed by atoms with van der Waals surface area (Å²) in [4.78, 5) is 0. The van der Waals surface area contributed by atoms with Crippen LogP contribution in [0.2, 0.25) is 5.02 Å². The van der Waals surface area contributed by atoms with E-state index < -0.39 is 0 Å². The predicted octanol–water partition coefficient (Wildman–Crippen LogP) is 5.17. The average Bonchev–Trinajstić information content (AvgIpc) is 2.47. The summed E-state index contributed by atoms with van der Waals surface area (Å²) in [6, 6.07) is 20.2. The first-order chi connectivity index (χ1) is 9.29. The lowest BCUT2D eigenvalue weighted by Crippen LogP contribution is -1.89. The highest BCUT2D eigenvalue weighted by Crippen LogP contribution is 2.37. The Kier molecular flexibility index (Phi) is 3.14. The molecule has 0 spiro atoms. The molecule has 0 aliphatic heterocycles. The molecule has 0 aliphatic rings. The first kappa shape index (κ1) is 12.1. The van der Waals surface area contributed by atoms with Crippen molar-refractivity contribution >= 4 is 22.4 Å². The second-order valence-corrected chi connectivity index (χ2v) is 4.81. The molecule has 2 heteroatoms. The minimum Gasteiger partial charge on any atom is -0.496 e. The number of rotatable bonds is 2. The smallest absolute Gasteiger partial charge is 0.127 e. The third kappa shape index (κ3) is 2.18. The molecule has 3 rings (SSSR count). The van der Waals surface area contributed by atoms with Crippen LogP contribution in [-0.4, -0.2) is 7.11 Å². The Morgan fingerprint density at radius 1 is 0.842 bits per heavy atom. The van der Waals surface area contributed by atoms with Gasteiger partial charge in [-0.15, -0.1) is 0 Å². The molecule has 0 saturated heterocycles. The van der Waals surface area contributed by atoms with Crippen molar-refractivity contribution in [1.29, 1.82) is 0 Å². The van der Waals surface area contributed by atoms with Crippen LogP contribution in [0.1, 0.15) is 0 Å². The van der Waals surface area contributed by atoms with Crippen LogP contribution < -0.4 is 4.74 Å². The number of hydrogen-bond acceptors (Lipinski definition) is 1. The summed E-state index contributed by atoms with van der Waals surface area (Å²) >= 11 is 5.96. The maximum atomic E-state index is 5.96. The van der Waals surface area contributed by atoms with Crippen LogP contribution in [-0.2, 0) is 0 Å². The second-order valence-electron chi connectivity index (χ2n) is 4.37. The van der Waals surface area contributed by atoms with E-state index in [1.54, 1.807) is 7.11 Å². The fraction of sp³-hybridized carbons (Fsp3) is 0.0588. The molecule has 0 atom stereocenters. The van der Waals surface area contributed by atoms with E-state index in [0.717, 1.165) is 21.9 Å². The van der Waals surface area contributed by atoms with Gasteiger partial charge in [-0.05, 0) is 34.5 Å². The van der Waals surface area contributed by atoms with Gasteiger partial charge in [0.2, 0.25) is 0 Å². The third-order valence-electron chi connectivity index (χ3n) is 3.24. The first-order valence-corrected chi connectivity index (χ1v) is 6.49. The van der Waals surface area contributed by atoms with Gasteiger partial charge in [0.15, 0.2) is 0 Å². The van der Waals surface area contributed by atoms with Gasteiger partial charge in [-0.25, -0.2) is 0 Å².